The number of esters is 1. The molecule has 7 nitrogen and oxygen atoms in total. The molecule has 0 fully saturated rings. The molecule has 0 saturated carbocycles. The molecule has 0 aliphatic carbocycles. The molecule has 2 N–H and O–H groups in total. The normalized spacial score (nSPS) is 12.7. The lowest BCUT2D eigenvalue weighted by molar-refractivity contribution is -0.139. The van der Waals surface area contributed by atoms with Crippen LogP contribution >= 0.6 is 0 Å². The van der Waals surface area contributed by atoms with E-state index in [1.807, 2.05) is 0 Å². The lowest BCUT2D eigenvalue weighted by Gasteiger charge is -2.12. The summed E-state index contributed by atoms with van der Waals surface area (Å²) < 4.78 is 30.4. The Balaban J connectivity index is 2.80. The van der Waals surface area contributed by atoms with Gasteiger partial charge in [-0.05, 0) is 24.1 Å². The molecular weight excluding hydrogens is 298 g/mol. The minimum Gasteiger partial charge on any atom is -0.480 e. The van der Waals surface area contributed by atoms with Crippen LogP contribution in [0.1, 0.15) is 29.3 Å². The van der Waals surface area contributed by atoms with Gasteiger partial charge in [0.25, 0.3) is 0 Å². The van der Waals surface area contributed by atoms with Crippen LogP contribution in [0.2, 0.25) is 0 Å². The fourth-order valence-electron chi connectivity index (χ4n) is 1.64. The van der Waals surface area contributed by atoms with E-state index in [1.165, 1.54) is 31.4 Å². The molecule has 0 unspecified atom stereocenters. The lowest BCUT2D eigenvalue weighted by Crippen LogP contribution is -2.40. The van der Waals surface area contributed by atoms with E-state index in [9.17, 15) is 18.0 Å². The summed E-state index contributed by atoms with van der Waals surface area (Å²) in [5.74, 6) is -2.10. The van der Waals surface area contributed by atoms with Gasteiger partial charge < -0.3 is 9.84 Å². The lowest BCUT2D eigenvalue weighted by atomic mass is 10.1. The largest absolute Gasteiger partial charge is 0.480 e. The third-order valence-electron chi connectivity index (χ3n) is 2.76. The number of hydrogen-bond donors (Lipinski definition) is 2. The topological polar surface area (TPSA) is 110 Å². The highest BCUT2D eigenvalue weighted by Gasteiger charge is 2.22. The van der Waals surface area contributed by atoms with Crippen molar-refractivity contribution in [2.75, 3.05) is 7.11 Å². The molecule has 1 aromatic carbocycles. The molecule has 1 atom stereocenters. The van der Waals surface area contributed by atoms with Crippen molar-refractivity contribution in [1.29, 1.82) is 0 Å². The summed E-state index contributed by atoms with van der Waals surface area (Å²) in [6.07, 6.45) is 0.149. The van der Waals surface area contributed by atoms with Crippen molar-refractivity contribution in [2.24, 2.45) is 0 Å². The monoisotopic (exact) mass is 315 g/mol. The number of benzene rings is 1. The average molecular weight is 315 g/mol. The Bertz CT molecular complexity index is 608. The van der Waals surface area contributed by atoms with Crippen molar-refractivity contribution in [3.63, 3.8) is 0 Å². The summed E-state index contributed by atoms with van der Waals surface area (Å²) in [5.41, 5.74) is 0.749. The van der Waals surface area contributed by atoms with Crippen molar-refractivity contribution < 1.29 is 27.9 Å². The van der Waals surface area contributed by atoms with E-state index < -0.39 is 28.0 Å². The second-order valence-corrected chi connectivity index (χ2v) is 6.12. The Hall–Kier alpha value is -1.93. The first-order chi connectivity index (χ1) is 9.79. The average Bonchev–Trinajstić information content (AvgIpc) is 2.44. The summed E-state index contributed by atoms with van der Waals surface area (Å²) in [4.78, 5) is 22.1. The van der Waals surface area contributed by atoms with E-state index in [0.717, 1.165) is 0 Å². The third kappa shape index (κ3) is 5.16. The van der Waals surface area contributed by atoms with Crippen LogP contribution in [0.5, 0.6) is 0 Å². The number of nitrogens with one attached hydrogen (secondary N) is 1. The van der Waals surface area contributed by atoms with E-state index in [-0.39, 0.29) is 12.2 Å². The number of carboxylic acids is 1. The highest BCUT2D eigenvalue weighted by Crippen LogP contribution is 2.09. The molecule has 21 heavy (non-hydrogen) atoms. The van der Waals surface area contributed by atoms with Crippen LogP contribution in [0.4, 0.5) is 0 Å². The molecule has 0 radical (unpaired) electrons. The summed E-state index contributed by atoms with van der Waals surface area (Å²) in [7, 11) is -2.53. The molecule has 0 amide bonds. The Morgan fingerprint density at radius 1 is 1.29 bits per heavy atom. The van der Waals surface area contributed by atoms with Crippen LogP contribution in [-0.2, 0) is 25.3 Å². The van der Waals surface area contributed by atoms with Gasteiger partial charge in [0.05, 0.1) is 18.4 Å². The third-order valence-corrected chi connectivity index (χ3v) is 4.12. The smallest absolute Gasteiger partial charge is 0.337 e. The summed E-state index contributed by atoms with van der Waals surface area (Å²) in [6, 6.07) is 4.71. The predicted molar refractivity (Wildman–Crippen MR) is 75.3 cm³/mol. The van der Waals surface area contributed by atoms with Crippen molar-refractivity contribution in [3.05, 3.63) is 35.4 Å². The Morgan fingerprint density at radius 2 is 1.86 bits per heavy atom. The number of carbonyl (C=O) groups is 2. The highest BCUT2D eigenvalue weighted by molar-refractivity contribution is 7.88. The number of methoxy groups -OCH3 is 1. The number of sulfonamides is 1. The van der Waals surface area contributed by atoms with E-state index in [4.69, 9.17) is 5.11 Å². The zero-order valence-corrected chi connectivity index (χ0v) is 12.5. The van der Waals surface area contributed by atoms with Gasteiger partial charge in [-0.25, -0.2) is 17.9 Å². The SMILES string of the molecule is CC[C@H](NS(=O)(=O)Cc1ccc(C(=O)OC)cc1)C(=O)O. The van der Waals surface area contributed by atoms with Gasteiger partial charge in [-0.1, -0.05) is 19.1 Å². The molecule has 116 valence electrons. The maximum Gasteiger partial charge on any atom is 0.337 e. The molecule has 0 aliphatic heterocycles. The second kappa shape index (κ2) is 7.19. The molecule has 0 heterocycles. The summed E-state index contributed by atoms with van der Waals surface area (Å²) in [6.45, 7) is 1.58. The van der Waals surface area contributed by atoms with Crippen molar-refractivity contribution in [1.82, 2.24) is 4.72 Å². The van der Waals surface area contributed by atoms with Gasteiger partial charge in [0.1, 0.15) is 6.04 Å². The molecule has 0 aromatic heterocycles. The summed E-state index contributed by atoms with van der Waals surface area (Å²) >= 11 is 0. The first-order valence-electron chi connectivity index (χ1n) is 6.19. The molecule has 0 saturated heterocycles. The molecule has 0 spiro atoms. The van der Waals surface area contributed by atoms with Crippen LogP contribution in [0.15, 0.2) is 24.3 Å². The number of hydrogen-bond acceptors (Lipinski definition) is 5. The van der Waals surface area contributed by atoms with Crippen molar-refractivity contribution in [2.45, 2.75) is 25.1 Å². The zero-order chi connectivity index (χ0) is 16.0. The quantitative estimate of drug-likeness (QED) is 0.719. The van der Waals surface area contributed by atoms with Gasteiger partial charge in [0.2, 0.25) is 10.0 Å². The first-order valence-corrected chi connectivity index (χ1v) is 7.84. The Kier molecular flexibility index (Phi) is 5.86. The van der Waals surface area contributed by atoms with Gasteiger partial charge in [-0.2, -0.15) is 0 Å². The standard InChI is InChI=1S/C13H17NO6S/c1-3-11(12(15)16)14-21(18,19)8-9-4-6-10(7-5-9)13(17)20-2/h4-7,11,14H,3,8H2,1-2H3,(H,15,16)/t11-/m0/s1. The first kappa shape index (κ1) is 17.1. The fraction of sp³-hybridized carbons (Fsp3) is 0.385. The minimum atomic E-state index is -3.78. The molecule has 1 aromatic rings. The Labute approximate surface area is 123 Å². The van der Waals surface area contributed by atoms with Gasteiger partial charge in [0.15, 0.2) is 0 Å². The number of aliphatic carboxylic acids is 1. The van der Waals surface area contributed by atoms with Gasteiger partial charge in [0, 0.05) is 0 Å². The maximum absolute atomic E-state index is 11.9. The molecular formula is C13H17NO6S. The highest BCUT2D eigenvalue weighted by atomic mass is 32.2. The van der Waals surface area contributed by atoms with Crippen molar-refractivity contribution >= 4 is 22.0 Å². The van der Waals surface area contributed by atoms with Crippen LogP contribution in [-0.4, -0.2) is 38.6 Å². The minimum absolute atomic E-state index is 0.149. The number of ether oxygens (including phenoxy) is 1. The van der Waals surface area contributed by atoms with Crippen molar-refractivity contribution in [3.8, 4) is 0 Å². The van der Waals surface area contributed by atoms with Gasteiger partial charge in [-0.15, -0.1) is 0 Å². The fourth-order valence-corrected chi connectivity index (χ4v) is 3.06. The zero-order valence-electron chi connectivity index (χ0n) is 11.7. The van der Waals surface area contributed by atoms with Crippen LogP contribution in [0, 0.1) is 0 Å². The van der Waals surface area contributed by atoms with Gasteiger partial charge >= 0.3 is 11.9 Å². The van der Waals surface area contributed by atoms with Crippen LogP contribution in [0.25, 0.3) is 0 Å². The van der Waals surface area contributed by atoms with Crippen LogP contribution in [0.3, 0.4) is 0 Å². The predicted octanol–water partition coefficient (Wildman–Crippen LogP) is 0.756. The number of carboxylic acid groups (broad SMARTS) is 1. The maximum atomic E-state index is 11.9. The van der Waals surface area contributed by atoms with Gasteiger partial charge in [-0.3, -0.25) is 4.79 Å². The van der Waals surface area contributed by atoms with E-state index in [1.54, 1.807) is 6.92 Å². The molecule has 1 rings (SSSR count). The molecule has 0 bridgehead atoms. The number of carbonyl (C=O) groups excluding carboxylic acids is 1. The molecule has 0 aliphatic rings. The second-order valence-electron chi connectivity index (χ2n) is 4.36. The number of rotatable bonds is 7. The molecule has 8 heteroatoms. The van der Waals surface area contributed by atoms with E-state index in [2.05, 4.69) is 9.46 Å². The Morgan fingerprint density at radius 3 is 2.29 bits per heavy atom. The summed E-state index contributed by atoms with van der Waals surface area (Å²) in [5, 5.41) is 8.85. The van der Waals surface area contributed by atoms with E-state index in [0.29, 0.717) is 11.1 Å². The van der Waals surface area contributed by atoms with Crippen LogP contribution < -0.4 is 4.72 Å². The van der Waals surface area contributed by atoms with E-state index >= 15 is 0 Å².